The number of nitrogens with one attached hydrogen (secondary N) is 1. The predicted molar refractivity (Wildman–Crippen MR) is 213 cm³/mol. The Bertz CT molecular complexity index is 2100. The molecule has 1 saturated heterocycles. The van der Waals surface area contributed by atoms with Gasteiger partial charge >= 0.3 is 30.0 Å². The van der Waals surface area contributed by atoms with Gasteiger partial charge in [-0.2, -0.15) is 0 Å². The highest BCUT2D eigenvalue weighted by Crippen LogP contribution is 2.64. The number of benzene rings is 2. The molecular weight excluding hydrogens is 794 g/mol. The molecule has 1 aliphatic heterocycles. The van der Waals surface area contributed by atoms with E-state index in [0.29, 0.717) is 5.56 Å². The molecule has 0 aromatic heterocycles. The van der Waals surface area contributed by atoms with E-state index >= 15 is 4.79 Å². The number of esters is 4. The van der Waals surface area contributed by atoms with E-state index < -0.39 is 118 Å². The fourth-order valence-electron chi connectivity index (χ4n) is 9.80. The first kappa shape index (κ1) is 45.4. The van der Waals surface area contributed by atoms with Crippen molar-refractivity contribution in [3.8, 4) is 0 Å². The topological polar surface area (TPSA) is 231 Å². The average molecular weight is 850 g/mol. The highest BCUT2D eigenvalue weighted by atomic mass is 16.6. The summed E-state index contributed by atoms with van der Waals surface area (Å²) >= 11 is 0. The van der Waals surface area contributed by atoms with E-state index in [0.717, 1.165) is 13.8 Å². The lowest BCUT2D eigenvalue weighted by Gasteiger charge is -2.67. The molecule has 0 spiro atoms. The molecule has 4 aliphatic rings. The van der Waals surface area contributed by atoms with Gasteiger partial charge in [-0.25, -0.2) is 14.4 Å². The molecule has 2 aromatic rings. The molecule has 11 atom stereocenters. The third-order valence-electron chi connectivity index (χ3n) is 12.8. The van der Waals surface area contributed by atoms with Crippen LogP contribution in [0.4, 0.5) is 4.79 Å². The van der Waals surface area contributed by atoms with Gasteiger partial charge in [-0.15, -0.1) is 0 Å². The Hall–Kier alpha value is -5.16. The molecule has 16 heteroatoms. The van der Waals surface area contributed by atoms with E-state index in [9.17, 15) is 39.3 Å². The maximum atomic E-state index is 15.5. The van der Waals surface area contributed by atoms with Gasteiger partial charge in [-0.1, -0.05) is 62.4 Å². The van der Waals surface area contributed by atoms with Gasteiger partial charge in [-0.3, -0.25) is 14.4 Å². The molecule has 0 radical (unpaired) electrons. The van der Waals surface area contributed by atoms with E-state index in [1.165, 1.54) is 26.0 Å². The summed E-state index contributed by atoms with van der Waals surface area (Å²) in [5.74, 6) is -6.30. The molecule has 6 rings (SSSR count). The maximum Gasteiger partial charge on any atom is 0.408 e. The minimum atomic E-state index is -2.40. The van der Waals surface area contributed by atoms with E-state index in [-0.39, 0.29) is 29.7 Å². The van der Waals surface area contributed by atoms with Gasteiger partial charge < -0.3 is 49.1 Å². The van der Waals surface area contributed by atoms with Gasteiger partial charge in [0.1, 0.15) is 29.5 Å². The number of carbonyl (C=O) groups excluding carboxylic acids is 6. The zero-order chi connectivity index (χ0) is 45.0. The van der Waals surface area contributed by atoms with Crippen molar-refractivity contribution in [2.24, 2.45) is 16.7 Å². The Labute approximate surface area is 353 Å². The van der Waals surface area contributed by atoms with Crippen molar-refractivity contribution in [2.45, 2.75) is 135 Å². The van der Waals surface area contributed by atoms with Gasteiger partial charge in [0.05, 0.1) is 35.6 Å². The predicted octanol–water partition coefficient (Wildman–Crippen LogP) is 3.83. The van der Waals surface area contributed by atoms with Crippen molar-refractivity contribution < 1.29 is 72.5 Å². The lowest BCUT2D eigenvalue weighted by molar-refractivity contribution is -0.346. The van der Waals surface area contributed by atoms with Gasteiger partial charge in [0.15, 0.2) is 23.6 Å². The standard InChI is InChI=1S/C45H55NO15/c1-23-28(58-39(53)33(50)32(26-16-12-10-13-17-26)46-40(54)61-41(4,5)6)21-45(55)37(59-38(52)27-18-14-11-15-19-27)35-43(9,29(49)20-30-44(35,22-56-30)60-25(3)48)36(51)34(57-24(2)47)31(23)42(45,7)8/h10-19,28-30,32-35,37,49-50,55H,20-22H2,1-9H3,(H,46,54)/t28-,29-,30+,32?,33+,34+,35?,37-,43+,44-,45+/m0/s1. The number of carbonyl (C=O) groups is 6. The van der Waals surface area contributed by atoms with Crippen LogP contribution in [0.25, 0.3) is 0 Å². The first-order valence-electron chi connectivity index (χ1n) is 20.2. The highest BCUT2D eigenvalue weighted by Gasteiger charge is 2.78. The lowest BCUT2D eigenvalue weighted by Crippen LogP contribution is -2.82. The number of hydrogen-bond acceptors (Lipinski definition) is 15. The number of ketones is 1. The second-order valence-corrected chi connectivity index (χ2v) is 18.2. The Balaban J connectivity index is 1.54. The van der Waals surface area contributed by atoms with E-state index in [1.807, 2.05) is 0 Å². The number of aliphatic hydroxyl groups excluding tert-OH is 2. The molecule has 16 nitrogen and oxygen atoms in total. The molecule has 61 heavy (non-hydrogen) atoms. The monoisotopic (exact) mass is 849 g/mol. The Kier molecular flexibility index (Phi) is 12.1. The van der Waals surface area contributed by atoms with Gasteiger partial charge in [-0.05, 0) is 63.5 Å². The molecule has 2 saturated carbocycles. The minimum absolute atomic E-state index is 0.0126. The number of Topliss-reactive ketones (excluding diaryl/α,β-unsaturated/α-hetero) is 1. The third kappa shape index (κ3) is 7.94. The summed E-state index contributed by atoms with van der Waals surface area (Å²) in [4.78, 5) is 82.9. The number of ether oxygens (including phenoxy) is 6. The average Bonchev–Trinajstić information content (AvgIpc) is 3.17. The molecule has 3 fully saturated rings. The fourth-order valence-corrected chi connectivity index (χ4v) is 9.80. The molecule has 1 amide bonds. The van der Waals surface area contributed by atoms with Crippen LogP contribution in [-0.4, -0.2) is 111 Å². The summed E-state index contributed by atoms with van der Waals surface area (Å²) < 4.78 is 35.6. The van der Waals surface area contributed by atoms with Crippen molar-refractivity contribution in [3.05, 3.63) is 82.9 Å². The van der Waals surface area contributed by atoms with Gasteiger partial charge in [0.2, 0.25) is 0 Å². The number of alkyl carbamates (subject to hydrolysis) is 1. The summed E-state index contributed by atoms with van der Waals surface area (Å²) in [7, 11) is 0. The van der Waals surface area contributed by atoms with Crippen LogP contribution in [0.2, 0.25) is 0 Å². The van der Waals surface area contributed by atoms with Crippen LogP contribution in [0.3, 0.4) is 0 Å². The van der Waals surface area contributed by atoms with Crippen LogP contribution in [0.1, 0.15) is 97.1 Å². The van der Waals surface area contributed by atoms with Crippen molar-refractivity contribution in [1.82, 2.24) is 5.32 Å². The zero-order valence-corrected chi connectivity index (χ0v) is 35.8. The molecule has 330 valence electrons. The van der Waals surface area contributed by atoms with Crippen molar-refractivity contribution >= 4 is 35.8 Å². The van der Waals surface area contributed by atoms with Crippen molar-refractivity contribution in [3.63, 3.8) is 0 Å². The summed E-state index contributed by atoms with van der Waals surface area (Å²) in [6.45, 7) is 12.9. The molecule has 2 bridgehead atoms. The molecular formula is C45H55NO15. The Morgan fingerprint density at radius 3 is 2.05 bits per heavy atom. The molecule has 1 heterocycles. The second kappa shape index (κ2) is 16.3. The van der Waals surface area contributed by atoms with E-state index in [1.54, 1.807) is 83.1 Å². The largest absolute Gasteiger partial charge is 0.456 e. The Morgan fingerprint density at radius 2 is 1.51 bits per heavy atom. The zero-order valence-electron chi connectivity index (χ0n) is 35.8. The summed E-state index contributed by atoms with van der Waals surface area (Å²) in [6.07, 6.45) is -11.5. The molecule has 3 aliphatic carbocycles. The van der Waals surface area contributed by atoms with Crippen LogP contribution >= 0.6 is 0 Å². The Morgan fingerprint density at radius 1 is 0.902 bits per heavy atom. The fraction of sp³-hybridized carbons (Fsp3) is 0.556. The SMILES string of the molecule is CC(=O)O[C@H]1C(=O)[C@@]2(C)C([C@H](OC(=O)c3ccccc3)[C@]3(O)C[C@H](OC(=O)[C@H](O)C(NC(=O)OC(C)(C)C)c4ccccc4)C(C)=C1C3(C)C)[C@]1(OC(C)=O)CO[C@@H]1C[C@@H]2O. The summed E-state index contributed by atoms with van der Waals surface area (Å²) in [6, 6.07) is 14.5. The summed E-state index contributed by atoms with van der Waals surface area (Å²) in [5, 5.41) is 39.9. The quantitative estimate of drug-likeness (QED) is 0.160. The maximum absolute atomic E-state index is 15.5. The molecule has 4 N–H and O–H groups in total. The normalized spacial score (nSPS) is 32.5. The smallest absolute Gasteiger partial charge is 0.408 e. The second-order valence-electron chi connectivity index (χ2n) is 18.2. The van der Waals surface area contributed by atoms with E-state index in [4.69, 9.17) is 28.4 Å². The highest BCUT2D eigenvalue weighted by molar-refractivity contribution is 5.95. The lowest BCUT2D eigenvalue weighted by atomic mass is 9.44. The minimum Gasteiger partial charge on any atom is -0.456 e. The van der Waals surface area contributed by atoms with Crippen LogP contribution in [0.5, 0.6) is 0 Å². The van der Waals surface area contributed by atoms with Crippen LogP contribution in [0, 0.1) is 16.7 Å². The first-order valence-corrected chi connectivity index (χ1v) is 20.2. The van der Waals surface area contributed by atoms with Crippen LogP contribution in [0.15, 0.2) is 71.8 Å². The number of fused-ring (bicyclic) bond motifs is 5. The number of aliphatic hydroxyl groups is 3. The van der Waals surface area contributed by atoms with E-state index in [2.05, 4.69) is 5.32 Å². The number of rotatable bonds is 9. The molecule has 2 aromatic carbocycles. The number of hydrogen-bond donors (Lipinski definition) is 4. The van der Waals surface area contributed by atoms with Gasteiger partial charge in [0.25, 0.3) is 0 Å². The van der Waals surface area contributed by atoms with Crippen LogP contribution in [-0.2, 0) is 47.6 Å². The third-order valence-corrected chi connectivity index (χ3v) is 12.8. The van der Waals surface area contributed by atoms with Gasteiger partial charge in [0, 0.05) is 32.1 Å². The number of amides is 1. The van der Waals surface area contributed by atoms with Crippen molar-refractivity contribution in [2.75, 3.05) is 6.61 Å². The van der Waals surface area contributed by atoms with Crippen LogP contribution < -0.4 is 5.32 Å². The first-order chi connectivity index (χ1) is 28.4. The summed E-state index contributed by atoms with van der Waals surface area (Å²) in [5.41, 5.74) is -8.30. The van der Waals surface area contributed by atoms with Crippen molar-refractivity contribution in [1.29, 1.82) is 0 Å². The molecule has 2 unspecified atom stereocenters.